The predicted molar refractivity (Wildman–Crippen MR) is 114 cm³/mol. The van der Waals surface area contributed by atoms with Crippen LogP contribution in [0.2, 0.25) is 0 Å². The van der Waals surface area contributed by atoms with E-state index in [2.05, 4.69) is 22.8 Å². The number of nitrogens with zero attached hydrogens (tertiary/aromatic N) is 1. The maximum absolute atomic E-state index is 13.2. The van der Waals surface area contributed by atoms with Gasteiger partial charge in [-0.2, -0.15) is 4.31 Å². The summed E-state index contributed by atoms with van der Waals surface area (Å²) < 4.78 is 27.8. The second-order valence-corrected chi connectivity index (χ2v) is 9.88. The minimum atomic E-state index is -3.68. The summed E-state index contributed by atoms with van der Waals surface area (Å²) in [6, 6.07) is 14.7. The molecule has 2 aliphatic rings. The summed E-state index contributed by atoms with van der Waals surface area (Å²) in [5.41, 5.74) is 1.98. The third kappa shape index (κ3) is 4.11. The quantitative estimate of drug-likeness (QED) is 0.734. The number of fused-ring (bicyclic) bond motifs is 1. The monoisotopic (exact) mass is 427 g/mol. The van der Waals surface area contributed by atoms with E-state index in [4.69, 9.17) is 0 Å². The maximum Gasteiger partial charge on any atom is 0.243 e. The summed E-state index contributed by atoms with van der Waals surface area (Å²) in [4.78, 5) is 24.2. The number of nitrogens with one attached hydrogen (secondary N) is 2. The lowest BCUT2D eigenvalue weighted by atomic mass is 9.91. The first kappa shape index (κ1) is 20.6. The number of sulfonamides is 1. The molecular formula is C22H25N3O4S. The van der Waals surface area contributed by atoms with Crippen LogP contribution in [0.3, 0.4) is 0 Å². The van der Waals surface area contributed by atoms with E-state index in [1.165, 1.54) is 35.0 Å². The fourth-order valence-corrected chi connectivity index (χ4v) is 5.44. The van der Waals surface area contributed by atoms with Crippen LogP contribution in [0.5, 0.6) is 0 Å². The van der Waals surface area contributed by atoms with E-state index in [9.17, 15) is 18.0 Å². The van der Waals surface area contributed by atoms with Crippen molar-refractivity contribution < 1.29 is 18.0 Å². The molecule has 1 atom stereocenters. The van der Waals surface area contributed by atoms with Crippen molar-refractivity contribution >= 4 is 33.2 Å². The zero-order chi connectivity index (χ0) is 21.3. The first-order valence-corrected chi connectivity index (χ1v) is 11.6. The number of carbonyl (C=O) groups excluding carboxylic acids is 2. The zero-order valence-electron chi connectivity index (χ0n) is 16.8. The van der Waals surface area contributed by atoms with E-state index in [0.717, 1.165) is 19.3 Å². The molecule has 4 rings (SSSR count). The van der Waals surface area contributed by atoms with E-state index in [-0.39, 0.29) is 4.90 Å². The molecule has 1 fully saturated rings. The molecule has 0 saturated carbocycles. The Morgan fingerprint density at radius 1 is 0.933 bits per heavy atom. The molecule has 2 N–H and O–H groups in total. The van der Waals surface area contributed by atoms with E-state index in [1.807, 2.05) is 18.2 Å². The Morgan fingerprint density at radius 2 is 1.57 bits per heavy atom. The summed E-state index contributed by atoms with van der Waals surface area (Å²) >= 11 is 0. The van der Waals surface area contributed by atoms with Gasteiger partial charge in [0.15, 0.2) is 0 Å². The lowest BCUT2D eigenvalue weighted by Crippen LogP contribution is -2.38. The summed E-state index contributed by atoms with van der Waals surface area (Å²) in [5, 5.41) is 5.31. The minimum absolute atomic E-state index is 0.117. The van der Waals surface area contributed by atoms with Gasteiger partial charge >= 0.3 is 0 Å². The largest absolute Gasteiger partial charge is 0.324 e. The molecule has 0 spiro atoms. The fraction of sp³-hybridized carbons (Fsp3) is 0.364. The molecule has 158 valence electrons. The van der Waals surface area contributed by atoms with E-state index >= 15 is 0 Å². The van der Waals surface area contributed by atoms with Crippen molar-refractivity contribution in [1.82, 2.24) is 4.31 Å². The molecular weight excluding hydrogens is 402 g/mol. The number of benzene rings is 2. The van der Waals surface area contributed by atoms with Crippen LogP contribution in [-0.4, -0.2) is 37.6 Å². The molecule has 0 radical (unpaired) electrons. The number of carbonyl (C=O) groups is 2. The molecule has 30 heavy (non-hydrogen) atoms. The van der Waals surface area contributed by atoms with Crippen LogP contribution in [-0.2, 0) is 26.0 Å². The van der Waals surface area contributed by atoms with Gasteiger partial charge in [-0.05, 0) is 55.9 Å². The smallest absolute Gasteiger partial charge is 0.243 e. The minimum Gasteiger partial charge on any atom is -0.324 e. The van der Waals surface area contributed by atoms with Gasteiger partial charge in [-0.1, -0.05) is 30.3 Å². The number of anilines is 2. The van der Waals surface area contributed by atoms with Crippen molar-refractivity contribution in [2.24, 2.45) is 11.8 Å². The van der Waals surface area contributed by atoms with Gasteiger partial charge in [-0.15, -0.1) is 0 Å². The van der Waals surface area contributed by atoms with Gasteiger partial charge in [-0.25, -0.2) is 8.42 Å². The van der Waals surface area contributed by atoms with Crippen LogP contribution in [0, 0.1) is 11.8 Å². The van der Waals surface area contributed by atoms with Crippen molar-refractivity contribution in [3.63, 3.8) is 0 Å². The van der Waals surface area contributed by atoms with Gasteiger partial charge in [0.25, 0.3) is 0 Å². The third-order valence-corrected chi connectivity index (χ3v) is 7.77. The summed E-state index contributed by atoms with van der Waals surface area (Å²) in [6.07, 6.45) is 2.57. The van der Waals surface area contributed by atoms with Crippen molar-refractivity contribution in [2.75, 3.05) is 23.7 Å². The Labute approximate surface area is 176 Å². The van der Waals surface area contributed by atoms with Gasteiger partial charge in [0, 0.05) is 13.1 Å². The van der Waals surface area contributed by atoms with E-state index < -0.39 is 27.8 Å². The molecule has 0 aromatic heterocycles. The predicted octanol–water partition coefficient (Wildman–Crippen LogP) is 2.86. The van der Waals surface area contributed by atoms with E-state index in [0.29, 0.717) is 30.4 Å². The fourth-order valence-electron chi connectivity index (χ4n) is 3.95. The molecule has 2 heterocycles. The second-order valence-electron chi connectivity index (χ2n) is 7.94. The summed E-state index contributed by atoms with van der Waals surface area (Å²) in [6.45, 7) is 2.45. The molecule has 7 nitrogen and oxygen atoms in total. The normalized spacial score (nSPS) is 20.8. The first-order chi connectivity index (χ1) is 14.3. The Bertz CT molecular complexity index is 1060. The van der Waals surface area contributed by atoms with E-state index in [1.54, 1.807) is 0 Å². The molecule has 0 aliphatic carbocycles. The van der Waals surface area contributed by atoms with Gasteiger partial charge in [0.1, 0.15) is 5.92 Å². The lowest BCUT2D eigenvalue weighted by molar-refractivity contribution is -0.128. The Hall–Kier alpha value is -2.71. The maximum atomic E-state index is 13.2. The number of rotatable bonds is 4. The molecule has 2 amide bonds. The molecule has 0 unspecified atom stereocenters. The zero-order valence-corrected chi connectivity index (χ0v) is 17.6. The van der Waals surface area contributed by atoms with Crippen LogP contribution in [0.4, 0.5) is 11.4 Å². The molecule has 1 saturated heterocycles. The van der Waals surface area contributed by atoms with Crippen LogP contribution >= 0.6 is 0 Å². The summed E-state index contributed by atoms with van der Waals surface area (Å²) in [5.74, 6) is -1.26. The van der Waals surface area contributed by atoms with Gasteiger partial charge in [0.05, 0.1) is 16.3 Å². The Morgan fingerprint density at radius 3 is 2.23 bits per heavy atom. The average Bonchev–Trinajstić information content (AvgIpc) is 2.85. The van der Waals surface area contributed by atoms with Gasteiger partial charge in [-0.3, -0.25) is 9.59 Å². The highest BCUT2D eigenvalue weighted by molar-refractivity contribution is 7.89. The topological polar surface area (TPSA) is 95.6 Å². The summed E-state index contributed by atoms with van der Waals surface area (Å²) in [7, 11) is -3.68. The molecule has 8 heteroatoms. The van der Waals surface area contributed by atoms with Crippen LogP contribution < -0.4 is 10.6 Å². The Kier molecular flexibility index (Phi) is 5.62. The highest BCUT2D eigenvalue weighted by atomic mass is 32.2. The van der Waals surface area contributed by atoms with Crippen molar-refractivity contribution in [3.05, 3.63) is 54.1 Å². The Balaban J connectivity index is 1.48. The number of hydrogen-bond donors (Lipinski definition) is 2. The standard InChI is InChI=1S/C22H25N3O4S/c1-15-21(26)23-19-8-7-18(14-20(19)24-22(15)27)30(28,29)25-11-9-17(10-12-25)13-16-5-3-2-4-6-16/h2-8,14-15,17H,9-13H2,1H3,(H,23,26)(H,24,27)/t15-/m1/s1. The van der Waals surface area contributed by atoms with Crippen LogP contribution in [0.25, 0.3) is 0 Å². The van der Waals surface area contributed by atoms with Crippen LogP contribution in [0.15, 0.2) is 53.4 Å². The first-order valence-electron chi connectivity index (χ1n) is 10.1. The molecule has 0 bridgehead atoms. The highest BCUT2D eigenvalue weighted by Gasteiger charge is 2.32. The number of hydrogen-bond acceptors (Lipinski definition) is 4. The second kappa shape index (κ2) is 8.20. The molecule has 2 aliphatic heterocycles. The highest BCUT2D eigenvalue weighted by Crippen LogP contribution is 2.32. The van der Waals surface area contributed by atoms with Crippen molar-refractivity contribution in [1.29, 1.82) is 0 Å². The third-order valence-electron chi connectivity index (χ3n) is 5.87. The van der Waals surface area contributed by atoms with Crippen molar-refractivity contribution in [2.45, 2.75) is 31.1 Å². The molecule has 2 aromatic rings. The molecule has 2 aromatic carbocycles. The van der Waals surface area contributed by atoms with Gasteiger partial charge in [0.2, 0.25) is 21.8 Å². The van der Waals surface area contributed by atoms with Gasteiger partial charge < -0.3 is 10.6 Å². The van der Waals surface area contributed by atoms with Crippen molar-refractivity contribution in [3.8, 4) is 0 Å². The number of piperidine rings is 1. The SMILES string of the molecule is C[C@@H]1C(=O)Nc2ccc(S(=O)(=O)N3CCC(Cc4ccccc4)CC3)cc2NC1=O. The number of amides is 2. The van der Waals surface area contributed by atoms with Crippen LogP contribution in [0.1, 0.15) is 25.3 Å². The lowest BCUT2D eigenvalue weighted by Gasteiger charge is -2.31. The average molecular weight is 428 g/mol.